The molecule has 0 aliphatic heterocycles. The predicted octanol–water partition coefficient (Wildman–Crippen LogP) is 12.1. The predicted molar refractivity (Wildman–Crippen MR) is 311 cm³/mol. The number of aryl methyl sites for hydroxylation is 2. The van der Waals surface area contributed by atoms with Crippen molar-refractivity contribution in [1.29, 1.82) is 0 Å². The molecule has 0 heterocycles. The molecule has 0 aliphatic rings. The molecule has 428 valence electrons. The second-order valence-corrected chi connectivity index (χ2v) is 20.8. The van der Waals surface area contributed by atoms with Crippen LogP contribution >= 0.6 is 0 Å². The van der Waals surface area contributed by atoms with Gasteiger partial charge in [0.1, 0.15) is 35.8 Å². The molecule has 2 rings (SSSR count). The van der Waals surface area contributed by atoms with Crippen LogP contribution < -0.4 is 5.32 Å². The Morgan fingerprint density at radius 3 is 1.40 bits per heavy atom. The number of aldehydes is 1. The van der Waals surface area contributed by atoms with Crippen molar-refractivity contribution in [2.24, 2.45) is 29.6 Å². The third kappa shape index (κ3) is 37.9. The molecule has 75 heavy (non-hydrogen) atoms. The highest BCUT2D eigenvalue weighted by atomic mass is 16.5. The van der Waals surface area contributed by atoms with Gasteiger partial charge in [-0.1, -0.05) is 168 Å². The average Bonchev–Trinajstić information content (AvgIpc) is 3.35. The average molecular weight is 1050 g/mol. The zero-order valence-electron chi connectivity index (χ0n) is 51.0. The lowest BCUT2D eigenvalue weighted by atomic mass is 9.99. The Morgan fingerprint density at radius 2 is 1.08 bits per heavy atom. The van der Waals surface area contributed by atoms with E-state index >= 15 is 0 Å². The zero-order valence-corrected chi connectivity index (χ0v) is 51.0. The van der Waals surface area contributed by atoms with Crippen LogP contribution in [0.25, 0.3) is 0 Å². The number of ether oxygens (including phenoxy) is 2. The first-order valence-corrected chi connectivity index (χ1v) is 27.2. The van der Waals surface area contributed by atoms with E-state index < -0.39 is 24.2 Å². The summed E-state index contributed by atoms with van der Waals surface area (Å²) in [6.07, 6.45) is 5.74. The fraction of sp³-hybridized carbons (Fsp3) is 0.645. The maximum atomic E-state index is 13.0. The number of methoxy groups -OCH3 is 1. The van der Waals surface area contributed by atoms with E-state index in [9.17, 15) is 33.6 Å². The summed E-state index contributed by atoms with van der Waals surface area (Å²) in [5, 5.41) is 2.75. The Kier molecular flexibility index (Phi) is 45.5. The van der Waals surface area contributed by atoms with Crippen molar-refractivity contribution in [2.45, 2.75) is 200 Å². The van der Waals surface area contributed by atoms with Gasteiger partial charge in [0.25, 0.3) is 0 Å². The summed E-state index contributed by atoms with van der Waals surface area (Å²) in [5.74, 6) is 3.32. The van der Waals surface area contributed by atoms with E-state index in [1.54, 1.807) is 44.8 Å². The summed E-state index contributed by atoms with van der Waals surface area (Å²) < 4.78 is 10.6. The van der Waals surface area contributed by atoms with Gasteiger partial charge >= 0.3 is 0 Å². The van der Waals surface area contributed by atoms with E-state index in [1.165, 1.54) is 37.0 Å². The van der Waals surface area contributed by atoms with Crippen LogP contribution in [-0.2, 0) is 43.0 Å². The van der Waals surface area contributed by atoms with Crippen LogP contribution in [0.5, 0.6) is 0 Å². The minimum Gasteiger partial charge on any atom is -0.486 e. The van der Waals surface area contributed by atoms with Crippen molar-refractivity contribution < 1.29 is 43.0 Å². The van der Waals surface area contributed by atoms with Gasteiger partial charge in [-0.25, -0.2) is 4.79 Å². The molecule has 13 heteroatoms. The van der Waals surface area contributed by atoms with Crippen molar-refractivity contribution in [3.63, 3.8) is 0 Å². The summed E-state index contributed by atoms with van der Waals surface area (Å²) in [4.78, 5) is 87.4. The molecule has 2 aromatic carbocycles. The summed E-state index contributed by atoms with van der Waals surface area (Å²) in [6, 6.07) is 18.3. The molecule has 0 saturated heterocycles. The molecular weight excluding hydrogens is 945 g/mol. The van der Waals surface area contributed by atoms with Gasteiger partial charge in [-0.2, -0.15) is 0 Å². The fourth-order valence-electron chi connectivity index (χ4n) is 7.18. The SMILES string of the molecule is C=C(OC(C)C(C)=O)C(CC(C)C)N(C)C(=O)CCCC.CC.CC(C)CC(C)C=O.COCC(=C=O)N(C)C(CC(C)C)C(=O)NC(C)C(=O)N(C)C(CC(C)C)C(C)=O.Cc1ccccc1.Cc1ccccc1. The van der Waals surface area contributed by atoms with E-state index in [0.29, 0.717) is 36.9 Å². The molecule has 2 aromatic rings. The van der Waals surface area contributed by atoms with Crippen molar-refractivity contribution >= 4 is 41.5 Å². The minimum atomic E-state index is -0.814. The normalized spacial score (nSPS) is 12.6. The van der Waals surface area contributed by atoms with Gasteiger partial charge in [-0.05, 0) is 97.3 Å². The molecule has 6 atom stereocenters. The monoisotopic (exact) mass is 1050 g/mol. The van der Waals surface area contributed by atoms with Crippen LogP contribution in [0.1, 0.15) is 167 Å². The highest BCUT2D eigenvalue weighted by Gasteiger charge is 2.32. The van der Waals surface area contributed by atoms with Gasteiger partial charge in [-0.15, -0.1) is 0 Å². The highest BCUT2D eigenvalue weighted by molar-refractivity contribution is 5.93. The van der Waals surface area contributed by atoms with Gasteiger partial charge in [0, 0.05) is 40.6 Å². The number of nitrogens with one attached hydrogen (secondary N) is 1. The first-order valence-electron chi connectivity index (χ1n) is 27.2. The first-order chi connectivity index (χ1) is 35.0. The number of Topliss-reactive ketones (excluding diaryl/α,β-unsaturated/α-hetero) is 2. The van der Waals surface area contributed by atoms with Gasteiger partial charge in [0.15, 0.2) is 17.7 Å². The lowest BCUT2D eigenvalue weighted by Crippen LogP contribution is -2.54. The third-order valence-electron chi connectivity index (χ3n) is 11.5. The molecule has 0 fully saturated rings. The smallest absolute Gasteiger partial charge is 0.245 e. The number of unbranched alkanes of at least 4 members (excludes halogenated alkanes) is 1. The summed E-state index contributed by atoms with van der Waals surface area (Å²) >= 11 is 0. The minimum absolute atomic E-state index is 0.0363. The maximum absolute atomic E-state index is 13.0. The Labute approximate surface area is 457 Å². The van der Waals surface area contributed by atoms with Crippen LogP contribution in [0.4, 0.5) is 0 Å². The summed E-state index contributed by atoms with van der Waals surface area (Å²) in [7, 11) is 6.47. The number of nitrogens with zero attached hydrogens (tertiary/aromatic N) is 3. The fourth-order valence-corrected chi connectivity index (χ4v) is 7.18. The molecule has 6 unspecified atom stereocenters. The Morgan fingerprint density at radius 1 is 0.653 bits per heavy atom. The van der Waals surface area contributed by atoms with E-state index in [0.717, 1.165) is 32.0 Å². The number of hydrogen-bond donors (Lipinski definition) is 1. The zero-order chi connectivity index (χ0) is 59.0. The molecule has 0 radical (unpaired) electrons. The Balaban J connectivity index is -0.000000475. The van der Waals surface area contributed by atoms with Crippen molar-refractivity contribution in [3.8, 4) is 0 Å². The van der Waals surface area contributed by atoms with Crippen LogP contribution in [0.15, 0.2) is 78.7 Å². The molecule has 0 aromatic heterocycles. The number of hydrogen-bond acceptors (Lipinski definition) is 10. The van der Waals surface area contributed by atoms with E-state index in [2.05, 4.69) is 84.6 Å². The van der Waals surface area contributed by atoms with Crippen molar-refractivity contribution in [3.05, 3.63) is 89.8 Å². The Hall–Kier alpha value is -5.39. The van der Waals surface area contributed by atoms with Crippen LogP contribution in [-0.4, -0.2) is 121 Å². The highest BCUT2D eigenvalue weighted by Crippen LogP contribution is 2.21. The number of carbonyl (C=O) groups excluding carboxylic acids is 7. The lowest BCUT2D eigenvalue weighted by molar-refractivity contribution is -0.141. The molecule has 0 saturated carbocycles. The number of amides is 3. The van der Waals surface area contributed by atoms with Crippen LogP contribution in [0.3, 0.4) is 0 Å². The van der Waals surface area contributed by atoms with Gasteiger partial charge < -0.3 is 34.3 Å². The number of carbonyl (C=O) groups is 6. The second kappa shape index (κ2) is 44.9. The third-order valence-corrected chi connectivity index (χ3v) is 11.5. The molecular formula is C62H106N4O9. The molecule has 0 aliphatic carbocycles. The molecule has 0 bridgehead atoms. The van der Waals surface area contributed by atoms with Gasteiger partial charge in [0.05, 0.1) is 18.7 Å². The van der Waals surface area contributed by atoms with Crippen molar-refractivity contribution in [1.82, 2.24) is 20.0 Å². The van der Waals surface area contributed by atoms with Gasteiger partial charge in [0.2, 0.25) is 17.7 Å². The standard InChI is InChI=1S/C22H39N3O5.C17H31NO3.C7H14O.2C7H8.C2H6/c1-14(2)10-19(17(6)27)25(8)22(29)16(5)23-21(28)20(11-15(3)4)24(7)18(12-26)13-30-9;1-8-9-10-17(20)18(7)16(11-12(2)3)15(6)21-14(5)13(4)19;1-6(2)4-7(3)5-8;2*1-7-5-3-2-4-6-7;1-2/h14-16,19-20H,10-11,13H2,1-9H3,(H,23,28);12,14,16H,6,8-11H2,1-5,7H3;5-7H,4H2,1-3H3;2*2-6H,1H3;1-2H3. The number of likely N-dealkylation sites (N-methyl/N-ethyl adjacent to an activating group) is 3. The summed E-state index contributed by atoms with van der Waals surface area (Å²) in [6.45, 7) is 38.8. The maximum Gasteiger partial charge on any atom is 0.245 e. The van der Waals surface area contributed by atoms with Gasteiger partial charge in [-0.3, -0.25) is 24.0 Å². The second-order valence-electron chi connectivity index (χ2n) is 20.8. The molecule has 1 N–H and O–H groups in total. The topological polar surface area (TPSA) is 160 Å². The molecule has 13 nitrogen and oxygen atoms in total. The van der Waals surface area contributed by atoms with Crippen molar-refractivity contribution in [2.75, 3.05) is 34.9 Å². The number of benzene rings is 2. The molecule has 0 spiro atoms. The van der Waals surface area contributed by atoms with E-state index in [-0.39, 0.29) is 65.4 Å². The van der Waals surface area contributed by atoms with E-state index in [1.807, 2.05) is 90.8 Å². The number of rotatable bonds is 26. The first kappa shape index (κ1) is 76.1. The molecule has 3 amide bonds. The Bertz CT molecular complexity index is 1870. The lowest BCUT2D eigenvalue weighted by Gasteiger charge is -2.33. The van der Waals surface area contributed by atoms with E-state index in [4.69, 9.17) is 9.47 Å². The largest absolute Gasteiger partial charge is 0.486 e. The van der Waals surface area contributed by atoms with Crippen LogP contribution in [0.2, 0.25) is 0 Å². The summed E-state index contributed by atoms with van der Waals surface area (Å²) in [5.41, 5.74) is 2.87. The number of ketones is 2. The quantitative estimate of drug-likeness (QED) is 0.0546. The van der Waals surface area contributed by atoms with Crippen LogP contribution in [0, 0.1) is 43.4 Å².